The van der Waals surface area contributed by atoms with E-state index in [4.69, 9.17) is 20.8 Å². The smallest absolute Gasteiger partial charge is 0.227 e. The second-order valence-electron chi connectivity index (χ2n) is 4.69. The predicted molar refractivity (Wildman–Crippen MR) is 81.2 cm³/mol. The van der Waals surface area contributed by atoms with Crippen LogP contribution in [0.15, 0.2) is 47.1 Å². The fourth-order valence-corrected chi connectivity index (χ4v) is 2.10. The van der Waals surface area contributed by atoms with Crippen LogP contribution in [0.2, 0.25) is 5.02 Å². The first kappa shape index (κ1) is 15.6. The Balaban J connectivity index is 2.00. The van der Waals surface area contributed by atoms with Gasteiger partial charge in [-0.2, -0.15) is 0 Å². The third kappa shape index (κ3) is 4.92. The highest BCUT2D eigenvalue weighted by atomic mass is 35.5. The molecular formula is C16H18ClNO3. The Bertz CT molecular complexity index is 551. The van der Waals surface area contributed by atoms with E-state index in [1.807, 2.05) is 24.3 Å². The van der Waals surface area contributed by atoms with Crippen LogP contribution in [0.1, 0.15) is 11.3 Å². The van der Waals surface area contributed by atoms with Crippen LogP contribution in [0, 0.1) is 0 Å². The number of hydrogen-bond donors (Lipinski definition) is 0. The molecule has 1 amide bonds. The third-order valence-electron chi connectivity index (χ3n) is 3.11. The Morgan fingerprint density at radius 2 is 2.05 bits per heavy atom. The molecule has 4 nitrogen and oxygen atoms in total. The Labute approximate surface area is 129 Å². The van der Waals surface area contributed by atoms with E-state index in [1.165, 1.54) is 0 Å². The summed E-state index contributed by atoms with van der Waals surface area (Å²) in [5, 5.41) is 0.665. The highest BCUT2D eigenvalue weighted by molar-refractivity contribution is 6.30. The van der Waals surface area contributed by atoms with Gasteiger partial charge in [0, 0.05) is 18.7 Å². The normalized spacial score (nSPS) is 10.6. The van der Waals surface area contributed by atoms with Crippen LogP contribution < -0.4 is 0 Å². The number of benzene rings is 1. The molecule has 0 unspecified atom stereocenters. The highest BCUT2D eigenvalue weighted by Crippen LogP contribution is 2.12. The molecule has 0 atom stereocenters. The third-order valence-corrected chi connectivity index (χ3v) is 3.37. The number of halogens is 1. The fraction of sp³-hybridized carbons (Fsp3) is 0.312. The van der Waals surface area contributed by atoms with Crippen molar-refractivity contribution in [1.82, 2.24) is 4.90 Å². The average Bonchev–Trinajstić information content (AvgIpc) is 2.98. The van der Waals surface area contributed by atoms with Gasteiger partial charge in [-0.25, -0.2) is 0 Å². The van der Waals surface area contributed by atoms with E-state index >= 15 is 0 Å². The molecule has 2 aromatic rings. The zero-order chi connectivity index (χ0) is 15.1. The van der Waals surface area contributed by atoms with Crippen molar-refractivity contribution in [3.63, 3.8) is 0 Å². The molecule has 0 spiro atoms. The summed E-state index contributed by atoms with van der Waals surface area (Å²) >= 11 is 5.85. The first-order valence-electron chi connectivity index (χ1n) is 6.72. The molecule has 2 rings (SSSR count). The number of carbonyl (C=O) groups is 1. The first-order chi connectivity index (χ1) is 10.2. The van der Waals surface area contributed by atoms with Gasteiger partial charge in [0.15, 0.2) is 0 Å². The van der Waals surface area contributed by atoms with Crippen LogP contribution in [0.3, 0.4) is 0 Å². The topological polar surface area (TPSA) is 42.7 Å². The number of methoxy groups -OCH3 is 1. The summed E-state index contributed by atoms with van der Waals surface area (Å²) in [4.78, 5) is 14.2. The van der Waals surface area contributed by atoms with E-state index in [0.717, 1.165) is 11.3 Å². The fourth-order valence-electron chi connectivity index (χ4n) is 1.97. The molecular weight excluding hydrogens is 290 g/mol. The summed E-state index contributed by atoms with van der Waals surface area (Å²) in [6, 6.07) is 11.0. The zero-order valence-corrected chi connectivity index (χ0v) is 12.7. The van der Waals surface area contributed by atoms with Crippen molar-refractivity contribution < 1.29 is 13.9 Å². The van der Waals surface area contributed by atoms with Crippen LogP contribution in [-0.4, -0.2) is 31.1 Å². The molecule has 0 bridgehead atoms. The molecule has 1 heterocycles. The van der Waals surface area contributed by atoms with E-state index in [-0.39, 0.29) is 5.91 Å². The molecule has 0 aliphatic rings. The Morgan fingerprint density at radius 3 is 2.67 bits per heavy atom. The summed E-state index contributed by atoms with van der Waals surface area (Å²) in [7, 11) is 1.62. The molecule has 112 valence electrons. The van der Waals surface area contributed by atoms with Gasteiger partial charge in [-0.1, -0.05) is 23.7 Å². The van der Waals surface area contributed by atoms with Gasteiger partial charge in [-0.3, -0.25) is 4.79 Å². The van der Waals surface area contributed by atoms with Crippen molar-refractivity contribution in [3.8, 4) is 0 Å². The van der Waals surface area contributed by atoms with Crippen molar-refractivity contribution in [3.05, 3.63) is 59.0 Å². The molecule has 0 saturated carbocycles. The lowest BCUT2D eigenvalue weighted by molar-refractivity contribution is -0.132. The number of carbonyl (C=O) groups excluding carboxylic acids is 1. The Morgan fingerprint density at radius 1 is 1.29 bits per heavy atom. The summed E-state index contributed by atoms with van der Waals surface area (Å²) < 4.78 is 10.4. The SMILES string of the molecule is COCCN(Cc1ccco1)C(=O)Cc1ccc(Cl)cc1. The van der Waals surface area contributed by atoms with Crippen molar-refractivity contribution >= 4 is 17.5 Å². The van der Waals surface area contributed by atoms with Gasteiger partial charge in [0.1, 0.15) is 5.76 Å². The minimum absolute atomic E-state index is 0.0331. The summed E-state index contributed by atoms with van der Waals surface area (Å²) in [6.45, 7) is 1.47. The maximum Gasteiger partial charge on any atom is 0.227 e. The zero-order valence-electron chi connectivity index (χ0n) is 11.9. The molecule has 1 aromatic heterocycles. The van der Waals surface area contributed by atoms with E-state index in [9.17, 15) is 4.79 Å². The second kappa shape index (κ2) is 7.86. The maximum atomic E-state index is 12.4. The Kier molecular flexibility index (Phi) is 5.84. The van der Waals surface area contributed by atoms with Crippen LogP contribution in [0.5, 0.6) is 0 Å². The minimum Gasteiger partial charge on any atom is -0.467 e. The predicted octanol–water partition coefficient (Wildman–Crippen LogP) is 3.15. The van der Waals surface area contributed by atoms with Gasteiger partial charge < -0.3 is 14.1 Å². The molecule has 0 aliphatic carbocycles. The van der Waals surface area contributed by atoms with E-state index in [1.54, 1.807) is 30.4 Å². The van der Waals surface area contributed by atoms with E-state index in [0.29, 0.717) is 31.1 Å². The van der Waals surface area contributed by atoms with Crippen LogP contribution in [0.4, 0.5) is 0 Å². The number of amides is 1. The van der Waals surface area contributed by atoms with Crippen molar-refractivity contribution in [1.29, 1.82) is 0 Å². The standard InChI is InChI=1S/C16H18ClNO3/c1-20-10-8-18(12-15-3-2-9-21-15)16(19)11-13-4-6-14(17)7-5-13/h2-7,9H,8,10-12H2,1H3. The second-order valence-corrected chi connectivity index (χ2v) is 5.13. The molecule has 21 heavy (non-hydrogen) atoms. The van der Waals surface area contributed by atoms with Gasteiger partial charge in [0.2, 0.25) is 5.91 Å². The van der Waals surface area contributed by atoms with Gasteiger partial charge in [-0.05, 0) is 29.8 Å². The van der Waals surface area contributed by atoms with Crippen molar-refractivity contribution in [2.24, 2.45) is 0 Å². The number of ether oxygens (including phenoxy) is 1. The van der Waals surface area contributed by atoms with Crippen molar-refractivity contribution in [2.75, 3.05) is 20.3 Å². The van der Waals surface area contributed by atoms with Crippen molar-refractivity contribution in [2.45, 2.75) is 13.0 Å². The minimum atomic E-state index is 0.0331. The number of rotatable bonds is 7. The lowest BCUT2D eigenvalue weighted by atomic mass is 10.1. The van der Waals surface area contributed by atoms with Gasteiger partial charge in [0.25, 0.3) is 0 Å². The summed E-state index contributed by atoms with van der Waals surface area (Å²) in [6.07, 6.45) is 1.94. The summed E-state index contributed by atoms with van der Waals surface area (Å²) in [5.74, 6) is 0.793. The molecule has 0 aliphatic heterocycles. The lowest BCUT2D eigenvalue weighted by Gasteiger charge is -2.21. The molecule has 5 heteroatoms. The highest BCUT2D eigenvalue weighted by Gasteiger charge is 2.15. The lowest BCUT2D eigenvalue weighted by Crippen LogP contribution is -2.34. The number of furan rings is 1. The first-order valence-corrected chi connectivity index (χ1v) is 7.10. The molecule has 1 aromatic carbocycles. The Hall–Kier alpha value is -1.78. The van der Waals surface area contributed by atoms with E-state index in [2.05, 4.69) is 0 Å². The van der Waals surface area contributed by atoms with Crippen LogP contribution >= 0.6 is 11.6 Å². The van der Waals surface area contributed by atoms with Gasteiger partial charge >= 0.3 is 0 Å². The molecule has 0 radical (unpaired) electrons. The summed E-state index contributed by atoms with van der Waals surface area (Å²) in [5.41, 5.74) is 0.936. The van der Waals surface area contributed by atoms with E-state index < -0.39 is 0 Å². The quantitative estimate of drug-likeness (QED) is 0.789. The maximum absolute atomic E-state index is 12.4. The average molecular weight is 308 g/mol. The van der Waals surface area contributed by atoms with Gasteiger partial charge in [-0.15, -0.1) is 0 Å². The van der Waals surface area contributed by atoms with Crippen LogP contribution in [0.25, 0.3) is 0 Å². The number of nitrogens with zero attached hydrogens (tertiary/aromatic N) is 1. The monoisotopic (exact) mass is 307 g/mol. The molecule has 0 saturated heterocycles. The van der Waals surface area contributed by atoms with Crippen LogP contribution in [-0.2, 0) is 22.5 Å². The molecule has 0 fully saturated rings. The largest absolute Gasteiger partial charge is 0.467 e. The molecule has 0 N–H and O–H groups in total. The van der Waals surface area contributed by atoms with Gasteiger partial charge in [0.05, 0.1) is 25.8 Å². The number of hydrogen-bond acceptors (Lipinski definition) is 3.